The molecule has 0 heterocycles. The lowest BCUT2D eigenvalue weighted by Crippen LogP contribution is -2.21. The first kappa shape index (κ1) is 21.0. The van der Waals surface area contributed by atoms with Crippen molar-refractivity contribution in [2.45, 2.75) is 27.2 Å². The summed E-state index contributed by atoms with van der Waals surface area (Å²) in [6.45, 7) is 5.04. The second-order valence-corrected chi connectivity index (χ2v) is 6.13. The van der Waals surface area contributed by atoms with Crippen LogP contribution in [-0.4, -0.2) is 30.8 Å². The van der Waals surface area contributed by atoms with E-state index in [1.807, 2.05) is 13.0 Å². The Morgan fingerprint density at radius 2 is 1.61 bits per heavy atom. The summed E-state index contributed by atoms with van der Waals surface area (Å²) in [5, 5.41) is 5.36. The lowest BCUT2D eigenvalue weighted by molar-refractivity contribution is -0.118. The number of ketones is 1. The summed E-state index contributed by atoms with van der Waals surface area (Å²) >= 11 is 0. The molecule has 148 valence electrons. The molecule has 0 radical (unpaired) electrons. The summed E-state index contributed by atoms with van der Waals surface area (Å²) < 4.78 is 11.2. The first-order valence-corrected chi connectivity index (χ1v) is 8.97. The molecule has 2 rings (SSSR count). The normalized spacial score (nSPS) is 10.1. The average molecular weight is 384 g/mol. The van der Waals surface area contributed by atoms with Crippen LogP contribution in [0.3, 0.4) is 0 Å². The number of nitrogens with one attached hydrogen (secondary N) is 2. The van der Waals surface area contributed by atoms with Gasteiger partial charge in [0.05, 0.1) is 18.0 Å². The zero-order valence-electron chi connectivity index (χ0n) is 16.2. The zero-order valence-corrected chi connectivity index (χ0v) is 16.2. The smallest absolute Gasteiger partial charge is 0.262 e. The monoisotopic (exact) mass is 384 g/mol. The summed E-state index contributed by atoms with van der Waals surface area (Å²) in [5.74, 6) is -0.00381. The Labute approximate surface area is 164 Å². The lowest BCUT2D eigenvalue weighted by Gasteiger charge is -2.14. The highest BCUT2D eigenvalue weighted by atomic mass is 16.5. The molecule has 0 atom stereocenters. The van der Waals surface area contributed by atoms with Gasteiger partial charge in [-0.1, -0.05) is 19.1 Å². The third-order valence-electron chi connectivity index (χ3n) is 3.68. The maximum absolute atomic E-state index is 12.3. The third kappa shape index (κ3) is 6.12. The van der Waals surface area contributed by atoms with Gasteiger partial charge in [-0.25, -0.2) is 0 Å². The van der Waals surface area contributed by atoms with Crippen LogP contribution in [0.1, 0.15) is 37.6 Å². The highest BCUT2D eigenvalue weighted by Crippen LogP contribution is 2.27. The molecule has 0 fully saturated rings. The van der Waals surface area contributed by atoms with E-state index in [0.29, 0.717) is 29.3 Å². The van der Waals surface area contributed by atoms with Crippen molar-refractivity contribution in [2.75, 3.05) is 23.8 Å². The van der Waals surface area contributed by atoms with Gasteiger partial charge in [0, 0.05) is 12.5 Å². The van der Waals surface area contributed by atoms with Gasteiger partial charge in [-0.2, -0.15) is 0 Å². The standard InChI is InChI=1S/C21H24N2O5/c1-4-11-27-19-8-6-5-7-17(19)23-21(26)13-28-20-12-16(14(2)24)9-10-18(20)22-15(3)25/h5-10,12H,4,11,13H2,1-3H3,(H,22,25)(H,23,26). The number of rotatable bonds is 9. The van der Waals surface area contributed by atoms with E-state index in [2.05, 4.69) is 10.6 Å². The van der Waals surface area contributed by atoms with E-state index in [1.165, 1.54) is 19.9 Å². The molecule has 7 heteroatoms. The van der Waals surface area contributed by atoms with Crippen molar-refractivity contribution in [3.05, 3.63) is 48.0 Å². The average Bonchev–Trinajstić information content (AvgIpc) is 2.66. The molecule has 2 aromatic rings. The van der Waals surface area contributed by atoms with E-state index in [-0.39, 0.29) is 24.0 Å². The molecule has 0 aliphatic heterocycles. The molecular weight excluding hydrogens is 360 g/mol. The molecule has 0 saturated heterocycles. The second kappa shape index (κ2) is 10.1. The van der Waals surface area contributed by atoms with E-state index < -0.39 is 5.91 Å². The molecule has 28 heavy (non-hydrogen) atoms. The SMILES string of the molecule is CCCOc1ccccc1NC(=O)COc1cc(C(C)=O)ccc1NC(C)=O. The number of benzene rings is 2. The van der Waals surface area contributed by atoms with Gasteiger partial charge in [-0.05, 0) is 43.7 Å². The van der Waals surface area contributed by atoms with Gasteiger partial charge in [0.25, 0.3) is 5.91 Å². The number of Topliss-reactive ketones (excluding diaryl/α,β-unsaturated/α-hetero) is 1. The van der Waals surface area contributed by atoms with Crippen molar-refractivity contribution in [1.29, 1.82) is 0 Å². The summed E-state index contributed by atoms with van der Waals surface area (Å²) in [5.41, 5.74) is 1.35. The molecule has 0 aliphatic rings. The number of carbonyl (C=O) groups is 3. The zero-order chi connectivity index (χ0) is 20.5. The van der Waals surface area contributed by atoms with Crippen LogP contribution in [-0.2, 0) is 9.59 Å². The summed E-state index contributed by atoms with van der Waals surface area (Å²) in [4.78, 5) is 35.3. The van der Waals surface area contributed by atoms with Crippen LogP contribution in [0.5, 0.6) is 11.5 Å². The van der Waals surface area contributed by atoms with Crippen LogP contribution < -0.4 is 20.1 Å². The Bertz CT molecular complexity index is 864. The van der Waals surface area contributed by atoms with Crippen LogP contribution in [0.2, 0.25) is 0 Å². The van der Waals surface area contributed by atoms with E-state index in [4.69, 9.17) is 9.47 Å². The van der Waals surface area contributed by atoms with Crippen LogP contribution in [0.4, 0.5) is 11.4 Å². The lowest BCUT2D eigenvalue weighted by atomic mass is 10.1. The highest BCUT2D eigenvalue weighted by molar-refractivity contribution is 5.97. The third-order valence-corrected chi connectivity index (χ3v) is 3.68. The van der Waals surface area contributed by atoms with Gasteiger partial charge in [0.1, 0.15) is 11.5 Å². The number of hydrogen-bond acceptors (Lipinski definition) is 5. The molecule has 0 spiro atoms. The molecule has 0 aromatic heterocycles. The molecule has 0 unspecified atom stereocenters. The summed E-state index contributed by atoms with van der Waals surface area (Å²) in [6.07, 6.45) is 0.851. The fraction of sp³-hybridized carbons (Fsp3) is 0.286. The van der Waals surface area contributed by atoms with Gasteiger partial charge < -0.3 is 20.1 Å². The van der Waals surface area contributed by atoms with Gasteiger partial charge in [0.15, 0.2) is 12.4 Å². The fourth-order valence-corrected chi connectivity index (χ4v) is 2.39. The topological polar surface area (TPSA) is 93.7 Å². The van der Waals surface area contributed by atoms with Crippen molar-refractivity contribution in [3.63, 3.8) is 0 Å². The second-order valence-electron chi connectivity index (χ2n) is 6.13. The van der Waals surface area contributed by atoms with Crippen molar-refractivity contribution >= 4 is 29.0 Å². The summed E-state index contributed by atoms with van der Waals surface area (Å²) in [7, 11) is 0. The quantitative estimate of drug-likeness (QED) is 0.644. The molecule has 0 saturated carbocycles. The van der Waals surface area contributed by atoms with E-state index in [0.717, 1.165) is 6.42 Å². The fourth-order valence-electron chi connectivity index (χ4n) is 2.39. The van der Waals surface area contributed by atoms with Crippen molar-refractivity contribution in [2.24, 2.45) is 0 Å². The van der Waals surface area contributed by atoms with Crippen LogP contribution >= 0.6 is 0 Å². The minimum atomic E-state index is -0.394. The first-order chi connectivity index (χ1) is 13.4. The molecular formula is C21H24N2O5. The van der Waals surface area contributed by atoms with Crippen LogP contribution in [0.15, 0.2) is 42.5 Å². The minimum absolute atomic E-state index is 0.148. The Kier molecular flexibility index (Phi) is 7.56. The number of ether oxygens (including phenoxy) is 2. The number of amides is 2. The summed E-state index contributed by atoms with van der Waals surface area (Å²) in [6, 6.07) is 11.8. The van der Waals surface area contributed by atoms with Crippen molar-refractivity contribution in [1.82, 2.24) is 0 Å². The van der Waals surface area contributed by atoms with Crippen LogP contribution in [0.25, 0.3) is 0 Å². The van der Waals surface area contributed by atoms with Crippen molar-refractivity contribution in [3.8, 4) is 11.5 Å². The van der Waals surface area contributed by atoms with Gasteiger partial charge >= 0.3 is 0 Å². The molecule has 2 amide bonds. The molecule has 0 bridgehead atoms. The van der Waals surface area contributed by atoms with E-state index in [1.54, 1.807) is 30.3 Å². The molecule has 0 aliphatic carbocycles. The Hall–Kier alpha value is -3.35. The maximum atomic E-state index is 12.3. The maximum Gasteiger partial charge on any atom is 0.262 e. The highest BCUT2D eigenvalue weighted by Gasteiger charge is 2.13. The van der Waals surface area contributed by atoms with E-state index in [9.17, 15) is 14.4 Å². The predicted octanol–water partition coefficient (Wildman–Crippen LogP) is 3.65. The molecule has 2 N–H and O–H groups in total. The Morgan fingerprint density at radius 1 is 0.893 bits per heavy atom. The number of para-hydroxylation sites is 2. The number of carbonyl (C=O) groups excluding carboxylic acids is 3. The van der Waals surface area contributed by atoms with Crippen molar-refractivity contribution < 1.29 is 23.9 Å². The van der Waals surface area contributed by atoms with Gasteiger partial charge in [-0.3, -0.25) is 14.4 Å². The van der Waals surface area contributed by atoms with E-state index >= 15 is 0 Å². The molecule has 7 nitrogen and oxygen atoms in total. The molecule has 2 aromatic carbocycles. The largest absolute Gasteiger partial charge is 0.491 e. The first-order valence-electron chi connectivity index (χ1n) is 8.97. The minimum Gasteiger partial charge on any atom is -0.491 e. The van der Waals surface area contributed by atoms with Gasteiger partial charge in [0.2, 0.25) is 5.91 Å². The predicted molar refractivity (Wildman–Crippen MR) is 107 cm³/mol. The number of anilines is 2. The Balaban J connectivity index is 2.09. The number of hydrogen-bond donors (Lipinski definition) is 2. The Morgan fingerprint density at radius 3 is 2.29 bits per heavy atom. The van der Waals surface area contributed by atoms with Crippen LogP contribution in [0, 0.1) is 0 Å². The van der Waals surface area contributed by atoms with Gasteiger partial charge in [-0.15, -0.1) is 0 Å².